The Kier molecular flexibility index (Phi) is 7.65. The van der Waals surface area contributed by atoms with E-state index in [0.29, 0.717) is 27.6 Å². The number of nitrogens with one attached hydrogen (secondary N) is 1. The molecule has 0 bridgehead atoms. The number of hydrogen-bond donors (Lipinski definition) is 2. The molecule has 1 amide bonds. The first-order chi connectivity index (χ1) is 20.8. The van der Waals surface area contributed by atoms with Crippen molar-refractivity contribution in [2.75, 3.05) is 11.4 Å². The van der Waals surface area contributed by atoms with Gasteiger partial charge in [-0.15, -0.1) is 0 Å². The molecule has 12 heteroatoms. The van der Waals surface area contributed by atoms with E-state index in [9.17, 15) is 31.5 Å². The topological polar surface area (TPSA) is 95.9 Å². The van der Waals surface area contributed by atoms with Gasteiger partial charge in [0, 0.05) is 28.6 Å². The number of anilines is 1. The molecule has 2 fully saturated rings. The van der Waals surface area contributed by atoms with E-state index < -0.39 is 52.0 Å². The number of amides is 1. The van der Waals surface area contributed by atoms with Gasteiger partial charge in [0.25, 0.3) is 15.9 Å². The average Bonchev–Trinajstić information content (AvgIpc) is 3.80. The number of rotatable bonds is 7. The number of methoxy groups -OCH3 is 1. The van der Waals surface area contributed by atoms with Crippen molar-refractivity contribution >= 4 is 33.2 Å². The molecule has 3 aromatic carbocycles. The van der Waals surface area contributed by atoms with E-state index in [2.05, 4.69) is 5.32 Å². The van der Waals surface area contributed by atoms with E-state index in [1.165, 1.54) is 29.6 Å². The Labute approximate surface area is 259 Å². The predicted molar refractivity (Wildman–Crippen MR) is 159 cm³/mol. The second kappa shape index (κ2) is 11.0. The van der Waals surface area contributed by atoms with Gasteiger partial charge in [0.15, 0.2) is 5.60 Å². The average molecular weight is 649 g/mol. The number of carbonyl (C=O) groups excluding carboxylic acids is 1. The van der Waals surface area contributed by atoms with Gasteiger partial charge in [-0.05, 0) is 92.0 Å². The fourth-order valence-electron chi connectivity index (χ4n) is 6.89. The molecule has 3 aromatic rings. The number of benzene rings is 3. The number of aliphatic hydroxyl groups is 1. The van der Waals surface area contributed by atoms with Crippen LogP contribution in [0.1, 0.15) is 60.0 Å². The molecule has 1 heterocycles. The molecule has 1 unspecified atom stereocenters. The zero-order chi connectivity index (χ0) is 31.5. The predicted octanol–water partition coefficient (Wildman–Crippen LogP) is 6.37. The number of halogens is 4. The minimum atomic E-state index is -4.82. The van der Waals surface area contributed by atoms with Gasteiger partial charge in [-0.25, -0.2) is 8.42 Å². The van der Waals surface area contributed by atoms with Crippen molar-refractivity contribution in [3.05, 3.63) is 88.4 Å². The molecule has 3 aliphatic rings. The summed E-state index contributed by atoms with van der Waals surface area (Å²) in [7, 11) is -2.77. The molecule has 0 radical (unpaired) electrons. The van der Waals surface area contributed by atoms with E-state index in [1.807, 2.05) is 0 Å². The van der Waals surface area contributed by atoms with Crippen molar-refractivity contribution in [2.45, 2.75) is 73.2 Å². The number of carbonyl (C=O) groups is 1. The van der Waals surface area contributed by atoms with Gasteiger partial charge in [-0.2, -0.15) is 13.2 Å². The van der Waals surface area contributed by atoms with Crippen molar-refractivity contribution in [1.82, 2.24) is 5.32 Å². The van der Waals surface area contributed by atoms with E-state index in [-0.39, 0.29) is 35.8 Å². The first kappa shape index (κ1) is 30.7. The van der Waals surface area contributed by atoms with Crippen LogP contribution in [0.4, 0.5) is 18.9 Å². The lowest BCUT2D eigenvalue weighted by Crippen LogP contribution is -2.56. The Balaban J connectivity index is 1.44. The highest BCUT2D eigenvalue weighted by Crippen LogP contribution is 2.62. The summed E-state index contributed by atoms with van der Waals surface area (Å²) in [6.45, 7) is 0.153. The third-order valence-electron chi connectivity index (χ3n) is 9.41. The maximum atomic E-state index is 14.4. The van der Waals surface area contributed by atoms with Crippen molar-refractivity contribution in [3.63, 3.8) is 0 Å². The van der Waals surface area contributed by atoms with Gasteiger partial charge in [0.2, 0.25) is 0 Å². The Hall–Kier alpha value is -3.28. The molecule has 1 aliphatic heterocycles. The lowest BCUT2D eigenvalue weighted by atomic mass is 9.61. The highest BCUT2D eigenvalue weighted by Gasteiger charge is 2.65. The molecule has 7 nitrogen and oxygen atoms in total. The van der Waals surface area contributed by atoms with Crippen LogP contribution >= 0.6 is 11.6 Å². The molecule has 44 heavy (non-hydrogen) atoms. The van der Waals surface area contributed by atoms with Crippen LogP contribution in [0.2, 0.25) is 5.02 Å². The third-order valence-corrected chi connectivity index (χ3v) is 11.6. The fraction of sp³-hybridized carbons (Fsp3) is 0.406. The standard InChI is InChI=1S/C32H32ClF3N2O5S/c1-43-23-6-4-7-24(18-23)44(41,42)38-27-12-11-21(29(39)37-19-22-5-2-3-8-26(22)33)17-25(27)30(28(38)20-9-10-20)13-15-31(40,16-14-30)32(34,35)36/h2-8,11-12,17-18,20,28,40H,9-10,13-16,19H2,1H3,(H,37,39). The molecule has 2 N–H and O–H groups in total. The summed E-state index contributed by atoms with van der Waals surface area (Å²) in [5.41, 5.74) is -2.08. The van der Waals surface area contributed by atoms with Crippen LogP contribution in [0.15, 0.2) is 71.6 Å². The molecular weight excluding hydrogens is 617 g/mol. The normalized spacial score (nSPS) is 25.1. The number of sulfonamides is 1. The van der Waals surface area contributed by atoms with Crippen LogP contribution in [-0.4, -0.2) is 44.4 Å². The lowest BCUT2D eigenvalue weighted by Gasteiger charge is -2.47. The molecule has 0 aromatic heterocycles. The van der Waals surface area contributed by atoms with Crippen LogP contribution in [0.3, 0.4) is 0 Å². The SMILES string of the molecule is COc1cccc(S(=O)(=O)N2c3ccc(C(=O)NCc4ccccc4Cl)cc3C3(CCC(O)(C(F)(F)F)CC3)C2C2CC2)c1. The second-order valence-corrected chi connectivity index (χ2v) is 14.2. The first-order valence-corrected chi connectivity index (χ1v) is 16.3. The van der Waals surface area contributed by atoms with E-state index >= 15 is 0 Å². The van der Waals surface area contributed by atoms with Gasteiger partial charge >= 0.3 is 6.18 Å². The van der Waals surface area contributed by atoms with Crippen molar-refractivity contribution in [1.29, 1.82) is 0 Å². The number of alkyl halides is 3. The highest BCUT2D eigenvalue weighted by molar-refractivity contribution is 7.93. The highest BCUT2D eigenvalue weighted by atomic mass is 35.5. The number of hydrogen-bond acceptors (Lipinski definition) is 5. The largest absolute Gasteiger partial charge is 0.497 e. The molecule has 6 rings (SSSR count). The molecule has 1 spiro atoms. The molecular formula is C32H32ClF3N2O5S. The number of ether oxygens (including phenoxy) is 1. The van der Waals surface area contributed by atoms with Gasteiger partial charge in [-0.1, -0.05) is 35.9 Å². The number of fused-ring (bicyclic) bond motifs is 2. The maximum Gasteiger partial charge on any atom is 0.417 e. The van der Waals surface area contributed by atoms with Crippen molar-refractivity contribution < 1.29 is 36.2 Å². The maximum absolute atomic E-state index is 14.4. The first-order valence-electron chi connectivity index (χ1n) is 14.4. The van der Waals surface area contributed by atoms with Crippen LogP contribution in [0.25, 0.3) is 0 Å². The fourth-order valence-corrected chi connectivity index (χ4v) is 8.92. The minimum absolute atomic E-state index is 0.00494. The third kappa shape index (κ3) is 5.12. The summed E-state index contributed by atoms with van der Waals surface area (Å²) < 4.78 is 77.1. The minimum Gasteiger partial charge on any atom is -0.497 e. The smallest absolute Gasteiger partial charge is 0.417 e. The van der Waals surface area contributed by atoms with Crippen LogP contribution in [0.5, 0.6) is 5.75 Å². The van der Waals surface area contributed by atoms with Crippen LogP contribution in [0, 0.1) is 5.92 Å². The lowest BCUT2D eigenvalue weighted by molar-refractivity contribution is -0.273. The van der Waals surface area contributed by atoms with E-state index in [1.54, 1.807) is 48.5 Å². The summed E-state index contributed by atoms with van der Waals surface area (Å²) in [6.07, 6.45) is -4.71. The monoisotopic (exact) mass is 648 g/mol. The second-order valence-electron chi connectivity index (χ2n) is 12.0. The Morgan fingerprint density at radius 1 is 1.05 bits per heavy atom. The molecule has 1 atom stereocenters. The summed E-state index contributed by atoms with van der Waals surface area (Å²) in [6, 6.07) is 17.2. The molecule has 0 saturated heterocycles. The molecule has 2 aliphatic carbocycles. The van der Waals surface area contributed by atoms with Gasteiger partial charge in [0.1, 0.15) is 5.75 Å². The molecule has 234 valence electrons. The Bertz CT molecular complexity index is 1700. The Morgan fingerprint density at radius 2 is 1.75 bits per heavy atom. The van der Waals surface area contributed by atoms with E-state index in [4.69, 9.17) is 16.3 Å². The van der Waals surface area contributed by atoms with Crippen molar-refractivity contribution in [3.8, 4) is 5.75 Å². The van der Waals surface area contributed by atoms with Gasteiger partial charge in [0.05, 0.1) is 23.7 Å². The van der Waals surface area contributed by atoms with Gasteiger partial charge in [-0.3, -0.25) is 9.10 Å². The van der Waals surface area contributed by atoms with E-state index in [0.717, 1.165) is 12.8 Å². The Morgan fingerprint density at radius 3 is 2.39 bits per heavy atom. The zero-order valence-electron chi connectivity index (χ0n) is 23.9. The summed E-state index contributed by atoms with van der Waals surface area (Å²) >= 11 is 6.24. The van der Waals surface area contributed by atoms with Crippen LogP contribution in [-0.2, 0) is 22.0 Å². The van der Waals surface area contributed by atoms with Gasteiger partial charge < -0.3 is 15.2 Å². The summed E-state index contributed by atoms with van der Waals surface area (Å²) in [5.74, 6) is -0.165. The molecule has 2 saturated carbocycles. The quantitative estimate of drug-likeness (QED) is 0.310. The number of nitrogens with zero attached hydrogens (tertiary/aromatic N) is 1. The summed E-state index contributed by atoms with van der Waals surface area (Å²) in [5, 5.41) is 13.9. The van der Waals surface area contributed by atoms with Crippen molar-refractivity contribution in [2.24, 2.45) is 5.92 Å². The zero-order valence-corrected chi connectivity index (χ0v) is 25.5. The summed E-state index contributed by atoms with van der Waals surface area (Å²) in [4.78, 5) is 13.3. The van der Waals surface area contributed by atoms with Crippen LogP contribution < -0.4 is 14.4 Å².